The summed E-state index contributed by atoms with van der Waals surface area (Å²) in [4.78, 5) is 15.5. The van der Waals surface area contributed by atoms with Crippen molar-refractivity contribution < 1.29 is 18.5 Å². The van der Waals surface area contributed by atoms with E-state index in [1.807, 2.05) is 25.1 Å². The van der Waals surface area contributed by atoms with Gasteiger partial charge in [-0.2, -0.15) is 10.6 Å². The average Bonchev–Trinajstić information content (AvgIpc) is 2.92. The first-order chi connectivity index (χ1) is 18.9. The van der Waals surface area contributed by atoms with Crippen LogP contribution in [0.15, 0.2) is 52.9 Å². The topological polar surface area (TPSA) is 68.2 Å². The number of thioether (sulfide) groups is 1. The Bertz CT molecular complexity index is 1310. The SMILES string of the molecule is CO[C@H]1/C=C/C[C@H](C)C[S-](=O)=NC(=O)c2ccc3c(c2)N(Cc2ccc(Cl)cc2CCSCO3)C[C@@H]2CC[C@H]21. The van der Waals surface area contributed by atoms with Crippen molar-refractivity contribution in [1.29, 1.82) is 0 Å². The van der Waals surface area contributed by atoms with Crippen LogP contribution in [0.5, 0.6) is 5.75 Å². The zero-order chi connectivity index (χ0) is 27.4. The van der Waals surface area contributed by atoms with Crippen molar-refractivity contribution >= 4 is 45.6 Å². The number of hydrogen-bond donors (Lipinski definition) is 0. The molecule has 2 aliphatic heterocycles. The summed E-state index contributed by atoms with van der Waals surface area (Å²) in [6, 6.07) is 11.6. The number of rotatable bonds is 1. The Hall–Kier alpha value is -2.00. The molecule has 3 aliphatic rings. The molecule has 2 heterocycles. The van der Waals surface area contributed by atoms with E-state index < -0.39 is 16.5 Å². The number of ether oxygens (including phenoxy) is 2. The van der Waals surface area contributed by atoms with Gasteiger partial charge in [-0.05, 0) is 79.0 Å². The van der Waals surface area contributed by atoms with Crippen LogP contribution in [0.3, 0.4) is 0 Å². The molecule has 4 atom stereocenters. The van der Waals surface area contributed by atoms with Gasteiger partial charge in [0.15, 0.2) is 0 Å². The molecule has 9 heteroatoms. The van der Waals surface area contributed by atoms with Crippen LogP contribution in [0, 0.1) is 17.8 Å². The molecule has 1 saturated carbocycles. The van der Waals surface area contributed by atoms with Gasteiger partial charge in [-0.15, -0.1) is 11.8 Å². The lowest BCUT2D eigenvalue weighted by Crippen LogP contribution is -2.43. The maximum atomic E-state index is 13.1. The van der Waals surface area contributed by atoms with Crippen LogP contribution in [0.1, 0.15) is 47.7 Å². The molecule has 5 rings (SSSR count). The molecule has 0 unspecified atom stereocenters. The second kappa shape index (κ2) is 13.1. The number of benzene rings is 2. The normalized spacial score (nSPS) is 27.6. The molecule has 2 aromatic rings. The summed E-state index contributed by atoms with van der Waals surface area (Å²) < 4.78 is 29.0. The highest BCUT2D eigenvalue weighted by Gasteiger charge is 2.37. The molecule has 0 radical (unpaired) electrons. The van der Waals surface area contributed by atoms with Gasteiger partial charge in [0.2, 0.25) is 0 Å². The molecule has 0 spiro atoms. The molecular weight excluding hydrogens is 552 g/mol. The number of halogens is 1. The minimum absolute atomic E-state index is 0.0362. The molecule has 1 fully saturated rings. The maximum Gasteiger partial charge on any atom is 0.254 e. The van der Waals surface area contributed by atoms with E-state index in [0.29, 0.717) is 35.6 Å². The Kier molecular flexibility index (Phi) is 9.59. The van der Waals surface area contributed by atoms with E-state index in [4.69, 9.17) is 21.1 Å². The van der Waals surface area contributed by atoms with E-state index in [0.717, 1.165) is 54.4 Å². The lowest BCUT2D eigenvalue weighted by molar-refractivity contribution is 0.0133. The number of methoxy groups -OCH3 is 1. The van der Waals surface area contributed by atoms with Gasteiger partial charge in [-0.3, -0.25) is 4.79 Å². The lowest BCUT2D eigenvalue weighted by Gasteiger charge is -2.43. The second-order valence-electron chi connectivity index (χ2n) is 10.8. The highest BCUT2D eigenvalue weighted by Crippen LogP contribution is 2.42. The molecular formula is C30H36ClN2O4S2-. The predicted molar refractivity (Wildman–Crippen MR) is 160 cm³/mol. The Morgan fingerprint density at radius 1 is 1.18 bits per heavy atom. The molecule has 2 bridgehead atoms. The molecule has 1 aliphatic carbocycles. The number of amides is 1. The van der Waals surface area contributed by atoms with Gasteiger partial charge in [-0.1, -0.05) is 48.4 Å². The maximum absolute atomic E-state index is 13.1. The molecule has 0 saturated heterocycles. The first kappa shape index (κ1) is 28.5. The zero-order valence-electron chi connectivity index (χ0n) is 22.5. The van der Waals surface area contributed by atoms with Gasteiger partial charge < -0.3 is 22.9 Å². The standard InChI is InChI=1S/C30H36ClN2O4S2/c1-20-4-3-5-28(36-2)26-10-7-24(26)17-33-16-23-6-9-25(31)14-21(23)12-13-38-19-37-29-11-8-22(15-27(29)33)30(34)32-39(35)18-20/h3,5-6,8-9,11,14-15,20,24,26,28H,4,7,10,12-13,16-19H2,1-2H3/q-1/b5-3+/t20-,24-,26+,28-/m0/s1. The number of anilines is 1. The minimum Gasteiger partial charge on any atom is -0.481 e. The van der Waals surface area contributed by atoms with Crippen molar-refractivity contribution in [2.24, 2.45) is 22.1 Å². The quantitative estimate of drug-likeness (QED) is 0.267. The van der Waals surface area contributed by atoms with Crippen molar-refractivity contribution in [2.75, 3.05) is 36.0 Å². The number of hydrogen-bond acceptors (Lipinski definition) is 7. The van der Waals surface area contributed by atoms with Crippen LogP contribution in [0.2, 0.25) is 5.02 Å². The predicted octanol–water partition coefficient (Wildman–Crippen LogP) is 6.90. The molecule has 6 nitrogen and oxygen atoms in total. The van der Waals surface area contributed by atoms with Crippen LogP contribution < -0.4 is 9.64 Å². The van der Waals surface area contributed by atoms with Crippen molar-refractivity contribution in [2.45, 2.75) is 45.3 Å². The summed E-state index contributed by atoms with van der Waals surface area (Å²) in [6.45, 7) is 3.51. The summed E-state index contributed by atoms with van der Waals surface area (Å²) >= 11 is 8.13. The number of allylic oxidation sites excluding steroid dienone is 1. The highest BCUT2D eigenvalue weighted by atomic mass is 35.5. The van der Waals surface area contributed by atoms with Crippen LogP contribution in [0.4, 0.5) is 5.69 Å². The number of carbonyl (C=O) groups excluding carboxylic acids is 1. The van der Waals surface area contributed by atoms with Crippen molar-refractivity contribution in [3.63, 3.8) is 0 Å². The Balaban J connectivity index is 1.60. The first-order valence-corrected chi connectivity index (χ1v) is 16.4. The third-order valence-corrected chi connectivity index (χ3v) is 10.2. The summed E-state index contributed by atoms with van der Waals surface area (Å²) in [6.07, 6.45) is 8.26. The summed E-state index contributed by atoms with van der Waals surface area (Å²) in [5, 5.41) is 0.740. The first-order valence-electron chi connectivity index (χ1n) is 13.6. The van der Waals surface area contributed by atoms with Crippen molar-refractivity contribution in [3.8, 4) is 5.75 Å². The van der Waals surface area contributed by atoms with E-state index in [1.54, 1.807) is 24.9 Å². The average molecular weight is 588 g/mol. The Labute approximate surface area is 242 Å². The number of fused-ring (bicyclic) bond motifs is 3. The third-order valence-electron chi connectivity index (χ3n) is 7.99. The van der Waals surface area contributed by atoms with E-state index in [2.05, 4.69) is 33.5 Å². The largest absolute Gasteiger partial charge is 0.481 e. The molecule has 39 heavy (non-hydrogen) atoms. The molecule has 1 amide bonds. The molecule has 210 valence electrons. The van der Waals surface area contributed by atoms with Crippen LogP contribution >= 0.6 is 23.4 Å². The lowest BCUT2D eigenvalue weighted by atomic mass is 9.70. The Morgan fingerprint density at radius 2 is 2.05 bits per heavy atom. The number of aryl methyl sites for hydroxylation is 1. The fourth-order valence-corrected chi connectivity index (χ4v) is 7.55. The highest BCUT2D eigenvalue weighted by molar-refractivity contribution is 7.99. The van der Waals surface area contributed by atoms with Crippen molar-refractivity contribution in [3.05, 3.63) is 70.3 Å². The van der Waals surface area contributed by atoms with E-state index in [1.165, 1.54) is 11.1 Å². The fraction of sp³-hybridized carbons (Fsp3) is 0.500. The summed E-state index contributed by atoms with van der Waals surface area (Å²) in [5.41, 5.74) is 3.74. The van der Waals surface area contributed by atoms with Gasteiger partial charge >= 0.3 is 0 Å². The van der Waals surface area contributed by atoms with Gasteiger partial charge in [-0.25, -0.2) is 0 Å². The summed E-state index contributed by atoms with van der Waals surface area (Å²) in [5.74, 6) is 3.05. The van der Waals surface area contributed by atoms with Crippen LogP contribution in [0.25, 0.3) is 0 Å². The fourth-order valence-electron chi connectivity index (χ4n) is 5.67. The van der Waals surface area contributed by atoms with E-state index >= 15 is 0 Å². The minimum atomic E-state index is -1.59. The smallest absolute Gasteiger partial charge is 0.254 e. The van der Waals surface area contributed by atoms with Crippen molar-refractivity contribution in [1.82, 2.24) is 0 Å². The van der Waals surface area contributed by atoms with Crippen LogP contribution in [-0.2, 0) is 32.5 Å². The van der Waals surface area contributed by atoms with Gasteiger partial charge in [0.05, 0.1) is 11.8 Å². The monoisotopic (exact) mass is 587 g/mol. The Morgan fingerprint density at radius 3 is 2.85 bits per heavy atom. The van der Waals surface area contributed by atoms with Crippen LogP contribution in [-0.4, -0.2) is 43.1 Å². The molecule has 0 aromatic heterocycles. The molecule has 2 aromatic carbocycles. The van der Waals surface area contributed by atoms with Gasteiger partial charge in [0.25, 0.3) is 5.91 Å². The van der Waals surface area contributed by atoms with Gasteiger partial charge in [0.1, 0.15) is 11.7 Å². The van der Waals surface area contributed by atoms with Gasteiger partial charge in [0, 0.05) is 36.5 Å². The molecule has 0 N–H and O–H groups in total. The third kappa shape index (κ3) is 7.02. The number of carbonyl (C=O) groups is 1. The zero-order valence-corrected chi connectivity index (χ0v) is 24.9. The summed E-state index contributed by atoms with van der Waals surface area (Å²) in [7, 11) is 0.191. The second-order valence-corrected chi connectivity index (χ2v) is 13.4. The van der Waals surface area contributed by atoms with E-state index in [9.17, 15) is 9.00 Å². The van der Waals surface area contributed by atoms with E-state index in [-0.39, 0.29) is 12.0 Å². The number of nitrogens with zero attached hydrogens (tertiary/aromatic N) is 2.